The molecule has 0 aliphatic heterocycles. The van der Waals surface area contributed by atoms with E-state index in [9.17, 15) is 17.9 Å². The minimum atomic E-state index is -3.86. The van der Waals surface area contributed by atoms with E-state index in [1.807, 2.05) is 24.3 Å². The Bertz CT molecular complexity index is 984. The van der Waals surface area contributed by atoms with Crippen LogP contribution in [0.3, 0.4) is 0 Å². The van der Waals surface area contributed by atoms with Crippen LogP contribution in [-0.4, -0.2) is 26.7 Å². The maximum Gasteiger partial charge on any atom is 0.264 e. The molecule has 26 heavy (non-hydrogen) atoms. The molecule has 1 unspecified atom stereocenters. The van der Waals surface area contributed by atoms with Crippen molar-refractivity contribution < 1.29 is 17.9 Å². The van der Waals surface area contributed by atoms with E-state index in [0.29, 0.717) is 10.6 Å². The summed E-state index contributed by atoms with van der Waals surface area (Å²) in [4.78, 5) is 0.146. The molecule has 0 saturated carbocycles. The molecule has 1 heterocycles. The molecule has 0 aliphatic carbocycles. The number of alkyl halides is 1. The van der Waals surface area contributed by atoms with Gasteiger partial charge in [-0.1, -0.05) is 36.4 Å². The first-order valence-electron chi connectivity index (χ1n) is 8.30. The molecule has 7 heteroatoms. The van der Waals surface area contributed by atoms with Crippen molar-refractivity contribution in [3.8, 4) is 0 Å². The number of benzene rings is 2. The molecular weight excluding hydrogens is 373 g/mol. The van der Waals surface area contributed by atoms with E-state index >= 15 is 0 Å². The average molecular weight is 394 g/mol. The molecule has 4 nitrogen and oxygen atoms in total. The Balaban J connectivity index is 2.21. The van der Waals surface area contributed by atoms with Crippen molar-refractivity contribution in [2.45, 2.75) is 24.3 Å². The van der Waals surface area contributed by atoms with Crippen LogP contribution < -0.4 is 4.31 Å². The Morgan fingerprint density at radius 3 is 2.42 bits per heavy atom. The first kappa shape index (κ1) is 18.8. The molecule has 3 rings (SSSR count). The molecule has 0 fully saturated rings. The second kappa shape index (κ2) is 7.73. The van der Waals surface area contributed by atoms with Crippen LogP contribution in [0, 0.1) is 0 Å². The third kappa shape index (κ3) is 3.47. The van der Waals surface area contributed by atoms with Crippen LogP contribution in [0.2, 0.25) is 0 Å². The van der Waals surface area contributed by atoms with E-state index in [-0.39, 0.29) is 17.9 Å². The van der Waals surface area contributed by atoms with Crippen molar-refractivity contribution >= 4 is 36.4 Å². The number of aliphatic hydroxyl groups excluding tert-OH is 1. The second-order valence-electron chi connectivity index (χ2n) is 5.93. The summed E-state index contributed by atoms with van der Waals surface area (Å²) in [5, 5.41) is 11.6. The van der Waals surface area contributed by atoms with Gasteiger partial charge in [0.1, 0.15) is 5.00 Å². The fourth-order valence-electron chi connectivity index (χ4n) is 2.90. The van der Waals surface area contributed by atoms with E-state index < -0.39 is 22.8 Å². The van der Waals surface area contributed by atoms with Gasteiger partial charge >= 0.3 is 0 Å². The van der Waals surface area contributed by atoms with Gasteiger partial charge in [-0.05, 0) is 31.5 Å². The van der Waals surface area contributed by atoms with Crippen LogP contribution in [0.5, 0.6) is 0 Å². The van der Waals surface area contributed by atoms with E-state index in [2.05, 4.69) is 0 Å². The molecule has 0 spiro atoms. The Labute approximate surface area is 156 Å². The predicted molar refractivity (Wildman–Crippen MR) is 104 cm³/mol. The number of aliphatic hydroxyl groups is 1. The van der Waals surface area contributed by atoms with E-state index in [1.54, 1.807) is 25.1 Å². The van der Waals surface area contributed by atoms with Crippen LogP contribution in [0.25, 0.3) is 10.1 Å². The zero-order valence-electron chi connectivity index (χ0n) is 14.3. The van der Waals surface area contributed by atoms with E-state index in [1.165, 1.54) is 27.8 Å². The summed E-state index contributed by atoms with van der Waals surface area (Å²) in [5.74, 6) is 0. The summed E-state index contributed by atoms with van der Waals surface area (Å²) >= 11 is 1.30. The number of anilines is 1. The lowest BCUT2D eigenvalue weighted by atomic mass is 10.1. The van der Waals surface area contributed by atoms with Crippen molar-refractivity contribution in [2.75, 3.05) is 17.5 Å². The first-order chi connectivity index (χ1) is 12.5. The van der Waals surface area contributed by atoms with Crippen molar-refractivity contribution in [1.29, 1.82) is 0 Å². The monoisotopic (exact) mass is 393 g/mol. The average Bonchev–Trinajstić information content (AvgIpc) is 3.02. The van der Waals surface area contributed by atoms with Crippen molar-refractivity contribution in [2.24, 2.45) is 0 Å². The summed E-state index contributed by atoms with van der Waals surface area (Å²) in [6, 6.07) is 15.6. The molecule has 0 bridgehead atoms. The van der Waals surface area contributed by atoms with Gasteiger partial charge in [0.25, 0.3) is 10.0 Å². The number of nitrogens with zero attached hydrogens (tertiary/aromatic N) is 1. The second-order valence-corrected chi connectivity index (χ2v) is 8.82. The normalized spacial score (nSPS) is 13.0. The van der Waals surface area contributed by atoms with Crippen molar-refractivity contribution in [3.05, 3.63) is 60.2 Å². The zero-order valence-corrected chi connectivity index (χ0v) is 15.9. The van der Waals surface area contributed by atoms with Crippen LogP contribution in [0.15, 0.2) is 59.5 Å². The Morgan fingerprint density at radius 1 is 1.12 bits per heavy atom. The van der Waals surface area contributed by atoms with Gasteiger partial charge in [0.15, 0.2) is 0 Å². The molecule has 1 atom stereocenters. The first-order valence-corrected chi connectivity index (χ1v) is 10.6. The molecule has 1 N–H and O–H groups in total. The minimum absolute atomic E-state index is 0.0142. The van der Waals surface area contributed by atoms with E-state index in [0.717, 1.165) is 10.1 Å². The molecule has 0 aliphatic rings. The highest BCUT2D eigenvalue weighted by Gasteiger charge is 2.30. The largest absolute Gasteiger partial charge is 0.389 e. The zero-order chi connectivity index (χ0) is 18.7. The number of halogens is 1. The summed E-state index contributed by atoms with van der Waals surface area (Å²) < 4.78 is 41.4. The van der Waals surface area contributed by atoms with Gasteiger partial charge in [-0.3, -0.25) is 8.70 Å². The number of hydrogen-bond donors (Lipinski definition) is 1. The van der Waals surface area contributed by atoms with Gasteiger partial charge in [0, 0.05) is 22.2 Å². The van der Waals surface area contributed by atoms with Crippen molar-refractivity contribution in [3.63, 3.8) is 0 Å². The third-order valence-electron chi connectivity index (χ3n) is 4.08. The fourth-order valence-corrected chi connectivity index (χ4v) is 5.97. The van der Waals surface area contributed by atoms with Gasteiger partial charge in [-0.15, -0.1) is 11.3 Å². The highest BCUT2D eigenvalue weighted by atomic mass is 32.2. The quantitative estimate of drug-likeness (QED) is 0.643. The van der Waals surface area contributed by atoms with Crippen LogP contribution in [0.4, 0.5) is 9.39 Å². The summed E-state index contributed by atoms with van der Waals surface area (Å²) in [6.45, 7) is 1.01. The molecule has 0 radical (unpaired) electrons. The minimum Gasteiger partial charge on any atom is -0.389 e. The summed E-state index contributed by atoms with van der Waals surface area (Å²) in [5.41, 5.74) is 0.559. The molecular formula is C19H20FNO3S2. The Kier molecular flexibility index (Phi) is 5.60. The van der Waals surface area contributed by atoms with Crippen LogP contribution in [-0.2, 0) is 10.0 Å². The fraction of sp³-hybridized carbons (Fsp3) is 0.263. The lowest BCUT2D eigenvalue weighted by molar-refractivity contribution is 0.201. The smallest absolute Gasteiger partial charge is 0.264 e. The van der Waals surface area contributed by atoms with Gasteiger partial charge < -0.3 is 5.11 Å². The topological polar surface area (TPSA) is 57.6 Å². The van der Waals surface area contributed by atoms with Gasteiger partial charge in [0.05, 0.1) is 17.7 Å². The number of hydrogen-bond acceptors (Lipinski definition) is 4. The molecule has 0 saturated heterocycles. The maximum absolute atomic E-state index is 13.2. The van der Waals surface area contributed by atoms with Gasteiger partial charge in [-0.2, -0.15) is 0 Å². The summed E-state index contributed by atoms with van der Waals surface area (Å²) in [7, 11) is -3.86. The third-order valence-corrected chi connectivity index (χ3v) is 7.22. The lowest BCUT2D eigenvalue weighted by Gasteiger charge is -2.24. The Morgan fingerprint density at radius 2 is 1.77 bits per heavy atom. The van der Waals surface area contributed by atoms with Gasteiger partial charge in [-0.25, -0.2) is 8.42 Å². The molecule has 2 aromatic carbocycles. The Hall–Kier alpha value is -1.96. The number of fused-ring (bicyclic) bond motifs is 1. The predicted octanol–water partition coefficient (Wildman–Crippen LogP) is 4.51. The standard InChI is InChI=1S/C19H20FNO3S2/c1-14(22)18-16-10-5-6-11-17(16)25-19(18)21(13-7-12-20)26(23,24)15-8-3-2-4-9-15/h2-6,8-11,14,22H,7,12-13H2,1H3. The molecule has 3 aromatic rings. The van der Waals surface area contributed by atoms with E-state index in [4.69, 9.17) is 0 Å². The van der Waals surface area contributed by atoms with Gasteiger partial charge in [0.2, 0.25) is 0 Å². The lowest BCUT2D eigenvalue weighted by Crippen LogP contribution is -2.32. The van der Waals surface area contributed by atoms with Crippen LogP contribution in [0.1, 0.15) is 25.0 Å². The number of sulfonamides is 1. The number of thiophene rings is 1. The highest BCUT2D eigenvalue weighted by molar-refractivity contribution is 7.93. The highest BCUT2D eigenvalue weighted by Crippen LogP contribution is 2.43. The SMILES string of the molecule is CC(O)c1c(N(CCCF)S(=O)(=O)c2ccccc2)sc2ccccc12. The molecule has 0 amide bonds. The molecule has 138 valence electrons. The van der Waals surface area contributed by atoms with Crippen molar-refractivity contribution in [1.82, 2.24) is 0 Å². The number of rotatable bonds is 7. The maximum atomic E-state index is 13.2. The summed E-state index contributed by atoms with van der Waals surface area (Å²) in [6.07, 6.45) is -0.764. The molecule has 1 aromatic heterocycles. The van der Waals surface area contributed by atoms with Crippen LogP contribution >= 0.6 is 11.3 Å².